The normalized spacial score (nSPS) is 9.90. The molecule has 0 atom stereocenters. The van der Waals surface area contributed by atoms with Crippen molar-refractivity contribution in [2.45, 2.75) is 0 Å². The molecule has 0 aromatic carbocycles. The third-order valence-corrected chi connectivity index (χ3v) is 1.79. The van der Waals surface area contributed by atoms with E-state index in [1.165, 1.54) is 0 Å². The van der Waals surface area contributed by atoms with E-state index >= 15 is 0 Å². The van der Waals surface area contributed by atoms with E-state index in [9.17, 15) is 0 Å². The van der Waals surface area contributed by atoms with Crippen LogP contribution in [0, 0.1) is 0 Å². The van der Waals surface area contributed by atoms with E-state index in [-0.39, 0.29) is 0 Å². The molecule has 0 bridgehead atoms. The Kier molecular flexibility index (Phi) is 1.85. The molecule has 1 heterocycles. The fourth-order valence-corrected chi connectivity index (χ4v) is 1.06. The lowest BCUT2D eigenvalue weighted by Crippen LogP contribution is -2.07. The Hall–Kier alpha value is -0.710. The fourth-order valence-electron chi connectivity index (χ4n) is 0.560. The Labute approximate surface area is 67.1 Å². The molecule has 1 aromatic rings. The molecule has 0 amide bonds. The summed E-state index contributed by atoms with van der Waals surface area (Å²) in [4.78, 5) is 1.79. The van der Waals surface area contributed by atoms with Crippen molar-refractivity contribution in [1.29, 1.82) is 0 Å². The van der Waals surface area contributed by atoms with Gasteiger partial charge in [-0.1, -0.05) is 5.16 Å². The van der Waals surface area contributed by atoms with Gasteiger partial charge in [-0.05, 0) is 15.9 Å². The van der Waals surface area contributed by atoms with Crippen LogP contribution in [0.2, 0.25) is 0 Å². The molecule has 0 saturated heterocycles. The number of nitrogen functional groups attached to an aromatic ring is 1. The topological polar surface area (TPSA) is 55.3 Å². The maximum absolute atomic E-state index is 5.40. The van der Waals surface area contributed by atoms with Crippen molar-refractivity contribution >= 4 is 27.6 Å². The van der Waals surface area contributed by atoms with Crippen LogP contribution >= 0.6 is 15.9 Å². The number of rotatable bonds is 1. The summed E-state index contributed by atoms with van der Waals surface area (Å²) in [6, 6.07) is 0. The molecule has 1 rings (SSSR count). The zero-order chi connectivity index (χ0) is 7.72. The van der Waals surface area contributed by atoms with E-state index < -0.39 is 0 Å². The van der Waals surface area contributed by atoms with Gasteiger partial charge in [0, 0.05) is 14.1 Å². The molecular formula is C5H8BrN3O. The van der Waals surface area contributed by atoms with E-state index in [0.717, 1.165) is 0 Å². The van der Waals surface area contributed by atoms with Gasteiger partial charge in [0.05, 0.1) is 0 Å². The summed E-state index contributed by atoms with van der Waals surface area (Å²) in [6.45, 7) is 0. The second kappa shape index (κ2) is 2.49. The van der Waals surface area contributed by atoms with Gasteiger partial charge < -0.3 is 15.2 Å². The van der Waals surface area contributed by atoms with Crippen molar-refractivity contribution in [3.8, 4) is 0 Å². The van der Waals surface area contributed by atoms with Gasteiger partial charge in [0.1, 0.15) is 4.47 Å². The standard InChI is InChI=1S/C5H8BrN3O/c1-9(2)5-3(6)4(7)8-10-5/h1-2H3,(H2,7,8). The number of anilines is 2. The fraction of sp³-hybridized carbons (Fsp3) is 0.400. The molecule has 56 valence electrons. The first-order chi connectivity index (χ1) is 4.63. The minimum Gasteiger partial charge on any atom is -0.380 e. The van der Waals surface area contributed by atoms with Gasteiger partial charge in [0.15, 0.2) is 5.82 Å². The number of nitrogens with two attached hydrogens (primary N) is 1. The Bertz CT molecular complexity index is 233. The summed E-state index contributed by atoms with van der Waals surface area (Å²) in [6.07, 6.45) is 0. The smallest absolute Gasteiger partial charge is 0.243 e. The summed E-state index contributed by atoms with van der Waals surface area (Å²) in [7, 11) is 3.70. The van der Waals surface area contributed by atoms with Crippen LogP contribution in [0.25, 0.3) is 0 Å². The molecule has 2 N–H and O–H groups in total. The first kappa shape index (κ1) is 7.40. The zero-order valence-electron chi connectivity index (χ0n) is 5.76. The monoisotopic (exact) mass is 205 g/mol. The van der Waals surface area contributed by atoms with Crippen LogP contribution in [0.1, 0.15) is 0 Å². The third-order valence-electron chi connectivity index (χ3n) is 1.05. The summed E-state index contributed by atoms with van der Waals surface area (Å²) in [5, 5.41) is 3.55. The summed E-state index contributed by atoms with van der Waals surface area (Å²) in [5.41, 5.74) is 5.40. The second-order valence-corrected chi connectivity index (χ2v) is 2.87. The van der Waals surface area contributed by atoms with Crippen molar-refractivity contribution in [3.63, 3.8) is 0 Å². The van der Waals surface area contributed by atoms with Crippen molar-refractivity contribution in [2.75, 3.05) is 24.7 Å². The summed E-state index contributed by atoms with van der Waals surface area (Å²) >= 11 is 3.23. The Morgan fingerprint density at radius 2 is 2.20 bits per heavy atom. The highest BCUT2D eigenvalue weighted by Crippen LogP contribution is 2.29. The predicted molar refractivity (Wildman–Crippen MR) is 42.9 cm³/mol. The molecular weight excluding hydrogens is 198 g/mol. The summed E-state index contributed by atoms with van der Waals surface area (Å²) < 4.78 is 5.57. The van der Waals surface area contributed by atoms with E-state index in [1.807, 2.05) is 14.1 Å². The van der Waals surface area contributed by atoms with Crippen LogP contribution in [0.15, 0.2) is 9.00 Å². The van der Waals surface area contributed by atoms with Gasteiger partial charge in [-0.25, -0.2) is 0 Å². The molecule has 10 heavy (non-hydrogen) atoms. The van der Waals surface area contributed by atoms with Gasteiger partial charge >= 0.3 is 0 Å². The first-order valence-electron chi connectivity index (χ1n) is 2.71. The molecule has 0 saturated carbocycles. The molecule has 0 spiro atoms. The highest BCUT2D eigenvalue weighted by atomic mass is 79.9. The molecule has 4 nitrogen and oxygen atoms in total. The van der Waals surface area contributed by atoms with Crippen molar-refractivity contribution in [1.82, 2.24) is 5.16 Å². The Morgan fingerprint density at radius 1 is 1.60 bits per heavy atom. The lowest BCUT2D eigenvalue weighted by molar-refractivity contribution is 0.426. The Morgan fingerprint density at radius 3 is 2.40 bits per heavy atom. The van der Waals surface area contributed by atoms with E-state index in [0.29, 0.717) is 16.2 Å². The molecule has 0 aliphatic rings. The minimum atomic E-state index is 0.378. The zero-order valence-corrected chi connectivity index (χ0v) is 7.34. The molecule has 5 heteroatoms. The molecule has 0 unspecified atom stereocenters. The van der Waals surface area contributed by atoms with Gasteiger partial charge in [0.2, 0.25) is 5.88 Å². The van der Waals surface area contributed by atoms with Crippen LogP contribution in [-0.4, -0.2) is 19.3 Å². The highest BCUT2D eigenvalue weighted by Gasteiger charge is 2.11. The predicted octanol–water partition coefficient (Wildman–Crippen LogP) is 1.09. The maximum atomic E-state index is 5.40. The van der Waals surface area contributed by atoms with Crippen molar-refractivity contribution in [3.05, 3.63) is 4.47 Å². The van der Waals surface area contributed by atoms with Gasteiger partial charge in [-0.3, -0.25) is 0 Å². The number of hydrogen-bond acceptors (Lipinski definition) is 4. The van der Waals surface area contributed by atoms with E-state index in [4.69, 9.17) is 10.3 Å². The molecule has 1 aromatic heterocycles. The summed E-state index contributed by atoms with van der Waals surface area (Å²) in [5.74, 6) is 1.02. The molecule has 0 aliphatic heterocycles. The lowest BCUT2D eigenvalue weighted by Gasteiger charge is -2.05. The van der Waals surface area contributed by atoms with Gasteiger partial charge in [-0.2, -0.15) is 0 Å². The van der Waals surface area contributed by atoms with E-state index in [1.54, 1.807) is 4.90 Å². The number of hydrogen-bond donors (Lipinski definition) is 1. The van der Waals surface area contributed by atoms with Crippen LogP contribution in [0.5, 0.6) is 0 Å². The van der Waals surface area contributed by atoms with Crippen LogP contribution in [0.3, 0.4) is 0 Å². The van der Waals surface area contributed by atoms with Crippen LogP contribution < -0.4 is 10.6 Å². The largest absolute Gasteiger partial charge is 0.380 e. The third kappa shape index (κ3) is 1.09. The number of aromatic nitrogens is 1. The second-order valence-electron chi connectivity index (χ2n) is 2.08. The van der Waals surface area contributed by atoms with E-state index in [2.05, 4.69) is 21.1 Å². The molecule has 0 fully saturated rings. The average Bonchev–Trinajstić information content (AvgIpc) is 2.14. The van der Waals surface area contributed by atoms with Crippen LogP contribution in [-0.2, 0) is 0 Å². The minimum absolute atomic E-state index is 0.378. The van der Waals surface area contributed by atoms with Gasteiger partial charge in [-0.15, -0.1) is 0 Å². The quantitative estimate of drug-likeness (QED) is 0.746. The SMILES string of the molecule is CN(C)c1onc(N)c1Br. The highest BCUT2D eigenvalue weighted by molar-refractivity contribution is 9.10. The number of nitrogens with zero attached hydrogens (tertiary/aromatic N) is 2. The lowest BCUT2D eigenvalue weighted by atomic mass is 10.6. The first-order valence-corrected chi connectivity index (χ1v) is 3.50. The van der Waals surface area contributed by atoms with Crippen molar-refractivity contribution < 1.29 is 4.52 Å². The Balaban J connectivity index is 3.05. The van der Waals surface area contributed by atoms with Crippen molar-refractivity contribution in [2.24, 2.45) is 0 Å². The molecule has 0 radical (unpaired) electrons. The average molecular weight is 206 g/mol. The van der Waals surface area contributed by atoms with Gasteiger partial charge in [0.25, 0.3) is 0 Å². The molecule has 0 aliphatic carbocycles. The van der Waals surface area contributed by atoms with Crippen LogP contribution in [0.4, 0.5) is 11.7 Å². The number of halogens is 1. The maximum Gasteiger partial charge on any atom is 0.243 e.